The van der Waals surface area contributed by atoms with E-state index in [0.717, 1.165) is 0 Å². The molecule has 0 bridgehead atoms. The van der Waals surface area contributed by atoms with Crippen LogP contribution in [0.4, 0.5) is 17.6 Å². The molecule has 1 aliphatic rings. The molecular formula is C11H16F4N2O2. The quantitative estimate of drug-likeness (QED) is 0.773. The zero-order valence-electron chi connectivity index (χ0n) is 10.6. The van der Waals surface area contributed by atoms with Crippen molar-refractivity contribution in [2.75, 3.05) is 13.1 Å². The van der Waals surface area contributed by atoms with Crippen LogP contribution in [0.5, 0.6) is 0 Å². The van der Waals surface area contributed by atoms with Crippen LogP contribution in [0.3, 0.4) is 0 Å². The zero-order chi connectivity index (χ0) is 14.8. The summed E-state index contributed by atoms with van der Waals surface area (Å²) in [7, 11) is 0. The Hall–Kier alpha value is -1.34. The van der Waals surface area contributed by atoms with Crippen LogP contribution in [0.2, 0.25) is 0 Å². The second-order valence-corrected chi connectivity index (χ2v) is 4.69. The molecule has 0 aromatic rings. The van der Waals surface area contributed by atoms with Crippen LogP contribution in [0.25, 0.3) is 0 Å². The molecule has 8 heteroatoms. The molecule has 2 amide bonds. The van der Waals surface area contributed by atoms with Crippen molar-refractivity contribution in [2.45, 2.75) is 38.7 Å². The van der Waals surface area contributed by atoms with Crippen molar-refractivity contribution in [1.82, 2.24) is 10.2 Å². The predicted molar refractivity (Wildman–Crippen MR) is 58.9 cm³/mol. The van der Waals surface area contributed by atoms with E-state index in [1.54, 1.807) is 13.8 Å². The van der Waals surface area contributed by atoms with Crippen LogP contribution in [0, 0.1) is 5.92 Å². The Balaban J connectivity index is 2.83. The Morgan fingerprint density at radius 2 is 2.00 bits per heavy atom. The number of piperazine rings is 1. The number of carbonyl (C=O) groups is 2. The predicted octanol–water partition coefficient (Wildman–Crippen LogP) is 1.26. The molecule has 2 atom stereocenters. The average molecular weight is 284 g/mol. The summed E-state index contributed by atoms with van der Waals surface area (Å²) < 4.78 is 50.2. The summed E-state index contributed by atoms with van der Waals surface area (Å²) >= 11 is 0. The largest absolute Gasteiger partial charge is 0.342 e. The lowest BCUT2D eigenvalue weighted by Gasteiger charge is -2.36. The first-order chi connectivity index (χ1) is 8.69. The molecule has 0 saturated carbocycles. The number of hydrogen-bond donors (Lipinski definition) is 1. The first kappa shape index (κ1) is 15.7. The molecule has 1 rings (SSSR count). The van der Waals surface area contributed by atoms with E-state index in [4.69, 9.17) is 0 Å². The lowest BCUT2D eigenvalue weighted by atomic mass is 9.96. The molecule has 1 N–H and O–H groups in total. The Morgan fingerprint density at radius 1 is 1.42 bits per heavy atom. The fourth-order valence-corrected chi connectivity index (χ4v) is 1.81. The average Bonchev–Trinajstić information content (AvgIpc) is 2.31. The van der Waals surface area contributed by atoms with E-state index < -0.39 is 43.3 Å². The van der Waals surface area contributed by atoms with Gasteiger partial charge in [0.05, 0.1) is 13.1 Å². The van der Waals surface area contributed by atoms with Crippen LogP contribution in [-0.2, 0) is 9.59 Å². The summed E-state index contributed by atoms with van der Waals surface area (Å²) in [5.41, 5.74) is 0. The van der Waals surface area contributed by atoms with E-state index >= 15 is 0 Å². The maximum absolute atomic E-state index is 13.0. The van der Waals surface area contributed by atoms with Gasteiger partial charge in [-0.3, -0.25) is 9.59 Å². The van der Waals surface area contributed by atoms with Crippen molar-refractivity contribution in [1.29, 1.82) is 0 Å². The molecule has 1 aliphatic heterocycles. The maximum atomic E-state index is 13.0. The van der Waals surface area contributed by atoms with Gasteiger partial charge in [-0.15, -0.1) is 0 Å². The number of nitrogens with one attached hydrogen (secondary N) is 1. The Kier molecular flexibility index (Phi) is 4.75. The smallest absolute Gasteiger partial charge is 0.324 e. The highest BCUT2D eigenvalue weighted by molar-refractivity contribution is 5.95. The van der Waals surface area contributed by atoms with Crippen LogP contribution < -0.4 is 5.32 Å². The first-order valence-electron chi connectivity index (χ1n) is 5.93. The molecule has 19 heavy (non-hydrogen) atoms. The Bertz CT molecular complexity index is 363. The van der Waals surface area contributed by atoms with Gasteiger partial charge in [0.1, 0.15) is 6.04 Å². The van der Waals surface area contributed by atoms with Crippen molar-refractivity contribution in [3.63, 3.8) is 0 Å². The number of nitrogens with zero attached hydrogens (tertiary/aromatic N) is 1. The van der Waals surface area contributed by atoms with Crippen molar-refractivity contribution in [3.05, 3.63) is 0 Å². The van der Waals surface area contributed by atoms with E-state index in [0.29, 0.717) is 11.3 Å². The van der Waals surface area contributed by atoms with Gasteiger partial charge in [0.2, 0.25) is 11.8 Å². The number of alkyl halides is 4. The number of amides is 2. The number of carbonyl (C=O) groups excluding carboxylic acids is 2. The molecule has 110 valence electrons. The third-order valence-electron chi connectivity index (χ3n) is 3.16. The van der Waals surface area contributed by atoms with Crippen molar-refractivity contribution in [3.8, 4) is 0 Å². The minimum absolute atomic E-state index is 0.251. The minimum Gasteiger partial charge on any atom is -0.342 e. The molecule has 0 aromatic carbocycles. The van der Waals surface area contributed by atoms with Crippen molar-refractivity contribution in [2.24, 2.45) is 5.92 Å². The van der Waals surface area contributed by atoms with E-state index in [-0.39, 0.29) is 5.92 Å². The topological polar surface area (TPSA) is 49.4 Å². The van der Waals surface area contributed by atoms with Crippen LogP contribution in [0.1, 0.15) is 20.3 Å². The van der Waals surface area contributed by atoms with Gasteiger partial charge in [-0.05, 0) is 5.92 Å². The van der Waals surface area contributed by atoms with Gasteiger partial charge < -0.3 is 10.2 Å². The third-order valence-corrected chi connectivity index (χ3v) is 3.16. The minimum atomic E-state index is -4.31. The molecule has 0 aliphatic carbocycles. The molecule has 1 heterocycles. The first-order valence-corrected chi connectivity index (χ1v) is 5.93. The normalized spacial score (nSPS) is 22.7. The highest BCUT2D eigenvalue weighted by atomic mass is 19.3. The molecule has 0 aromatic heterocycles. The number of halogens is 4. The van der Waals surface area contributed by atoms with Gasteiger partial charge in [0.25, 0.3) is 0 Å². The fourth-order valence-electron chi connectivity index (χ4n) is 1.81. The van der Waals surface area contributed by atoms with Gasteiger partial charge in [-0.2, -0.15) is 8.78 Å². The maximum Gasteiger partial charge on any atom is 0.324 e. The number of hydrogen-bond acceptors (Lipinski definition) is 2. The van der Waals surface area contributed by atoms with Gasteiger partial charge in [0, 0.05) is 0 Å². The summed E-state index contributed by atoms with van der Waals surface area (Å²) in [6, 6.07) is -0.931. The van der Waals surface area contributed by atoms with Crippen molar-refractivity contribution < 1.29 is 27.2 Å². The summed E-state index contributed by atoms with van der Waals surface area (Å²) in [5.74, 6) is -5.92. The monoisotopic (exact) mass is 284 g/mol. The third kappa shape index (κ3) is 3.57. The Morgan fingerprint density at radius 3 is 2.47 bits per heavy atom. The molecule has 1 saturated heterocycles. The van der Waals surface area contributed by atoms with Gasteiger partial charge in [0.15, 0.2) is 0 Å². The van der Waals surface area contributed by atoms with Gasteiger partial charge >= 0.3 is 12.3 Å². The molecule has 0 spiro atoms. The molecule has 1 fully saturated rings. The lowest BCUT2D eigenvalue weighted by Crippen LogP contribution is -2.62. The van der Waals surface area contributed by atoms with Gasteiger partial charge in [-0.1, -0.05) is 20.3 Å². The summed E-state index contributed by atoms with van der Waals surface area (Å²) in [6.07, 6.45) is -3.32. The highest BCUT2D eigenvalue weighted by Gasteiger charge is 2.46. The SMILES string of the molecule is CCC(C)C1NC(=O)CN(CC(F)(F)C(F)F)C1=O. The molecular weight excluding hydrogens is 268 g/mol. The lowest BCUT2D eigenvalue weighted by molar-refractivity contribution is -0.165. The fraction of sp³-hybridized carbons (Fsp3) is 0.818. The molecule has 0 radical (unpaired) electrons. The molecule has 4 nitrogen and oxygen atoms in total. The highest BCUT2D eigenvalue weighted by Crippen LogP contribution is 2.25. The van der Waals surface area contributed by atoms with Gasteiger partial charge in [-0.25, -0.2) is 8.78 Å². The zero-order valence-corrected chi connectivity index (χ0v) is 10.6. The van der Waals surface area contributed by atoms with Crippen LogP contribution in [0.15, 0.2) is 0 Å². The van der Waals surface area contributed by atoms with E-state index in [1.165, 1.54) is 0 Å². The van der Waals surface area contributed by atoms with E-state index in [9.17, 15) is 27.2 Å². The standard InChI is InChI=1S/C11H16F4N2O2/c1-3-6(2)8-9(19)17(4-7(18)16-8)5-11(14,15)10(12)13/h6,8,10H,3-5H2,1-2H3,(H,16,18). The van der Waals surface area contributed by atoms with E-state index in [1.807, 2.05) is 0 Å². The molecule has 2 unspecified atom stereocenters. The Labute approximate surface area is 108 Å². The second-order valence-electron chi connectivity index (χ2n) is 4.69. The summed E-state index contributed by atoms with van der Waals surface area (Å²) in [5, 5.41) is 2.40. The van der Waals surface area contributed by atoms with Crippen LogP contribution >= 0.6 is 0 Å². The van der Waals surface area contributed by atoms with Crippen LogP contribution in [-0.4, -0.2) is 48.2 Å². The summed E-state index contributed by atoms with van der Waals surface area (Å²) in [4.78, 5) is 23.8. The summed E-state index contributed by atoms with van der Waals surface area (Å²) in [6.45, 7) is 1.40. The second kappa shape index (κ2) is 5.75. The van der Waals surface area contributed by atoms with E-state index in [2.05, 4.69) is 5.32 Å². The number of rotatable bonds is 5. The van der Waals surface area contributed by atoms with Crippen molar-refractivity contribution >= 4 is 11.8 Å².